The fourth-order valence-corrected chi connectivity index (χ4v) is 2.06. The Hall–Kier alpha value is -1.95. The third-order valence-electron chi connectivity index (χ3n) is 2.13. The summed E-state index contributed by atoms with van der Waals surface area (Å²) in [6.07, 6.45) is 3.39. The highest BCUT2D eigenvalue weighted by atomic mass is 32.1. The maximum atomic E-state index is 11.0. The monoisotopic (exact) mass is 248 g/mol. The van der Waals surface area contributed by atoms with Crippen LogP contribution in [0.15, 0.2) is 24.5 Å². The Kier molecular flexibility index (Phi) is 3.34. The third kappa shape index (κ3) is 3.01. The van der Waals surface area contributed by atoms with Gasteiger partial charge in [0.1, 0.15) is 10.7 Å². The van der Waals surface area contributed by atoms with Gasteiger partial charge >= 0.3 is 0 Å². The van der Waals surface area contributed by atoms with Crippen molar-refractivity contribution in [3.05, 3.63) is 40.1 Å². The highest BCUT2D eigenvalue weighted by Gasteiger charge is 2.03. The van der Waals surface area contributed by atoms with Crippen LogP contribution in [0.5, 0.6) is 0 Å². The number of hydrogen-bond donors (Lipinski definition) is 2. The minimum absolute atomic E-state index is 0.255. The highest BCUT2D eigenvalue weighted by Crippen LogP contribution is 2.14. The molecule has 0 aliphatic carbocycles. The lowest BCUT2D eigenvalue weighted by molar-refractivity contribution is 0.0995. The number of amides is 1. The van der Waals surface area contributed by atoms with E-state index >= 15 is 0 Å². The molecule has 1 amide bonds. The molecular formula is C11H12N4OS. The zero-order valence-electron chi connectivity index (χ0n) is 9.30. The van der Waals surface area contributed by atoms with Gasteiger partial charge in [-0.05, 0) is 19.1 Å². The van der Waals surface area contributed by atoms with E-state index in [2.05, 4.69) is 15.3 Å². The first-order valence-corrected chi connectivity index (χ1v) is 5.88. The molecule has 0 bridgehead atoms. The van der Waals surface area contributed by atoms with Crippen molar-refractivity contribution in [1.82, 2.24) is 9.97 Å². The van der Waals surface area contributed by atoms with E-state index in [1.54, 1.807) is 29.7 Å². The van der Waals surface area contributed by atoms with Crippen molar-refractivity contribution >= 4 is 22.9 Å². The van der Waals surface area contributed by atoms with Crippen molar-refractivity contribution in [2.24, 2.45) is 5.73 Å². The molecule has 0 spiro atoms. The highest BCUT2D eigenvalue weighted by molar-refractivity contribution is 7.11. The maximum Gasteiger partial charge on any atom is 0.267 e. The standard InChI is InChI=1S/C11H12N4OS/c1-7-5-15-10(17-7)6-14-8-2-3-13-9(4-8)11(12)16/h2-5H,6H2,1H3,(H2,12,16)(H,13,14). The summed E-state index contributed by atoms with van der Waals surface area (Å²) in [6, 6.07) is 3.41. The van der Waals surface area contributed by atoms with Crippen LogP contribution in [0, 0.1) is 6.92 Å². The molecule has 0 unspecified atom stereocenters. The number of nitrogens with zero attached hydrogens (tertiary/aromatic N) is 2. The van der Waals surface area contributed by atoms with Crippen LogP contribution in [-0.2, 0) is 6.54 Å². The molecule has 2 heterocycles. The van der Waals surface area contributed by atoms with E-state index in [1.807, 2.05) is 13.1 Å². The summed E-state index contributed by atoms with van der Waals surface area (Å²) in [5.41, 5.74) is 6.22. The molecule has 2 aromatic rings. The Morgan fingerprint density at radius 3 is 3.00 bits per heavy atom. The van der Waals surface area contributed by atoms with E-state index in [9.17, 15) is 4.79 Å². The molecular weight excluding hydrogens is 236 g/mol. The van der Waals surface area contributed by atoms with Crippen LogP contribution in [0.3, 0.4) is 0 Å². The molecule has 0 aromatic carbocycles. The zero-order chi connectivity index (χ0) is 12.3. The van der Waals surface area contributed by atoms with Crippen LogP contribution >= 0.6 is 11.3 Å². The SMILES string of the molecule is Cc1cnc(CNc2ccnc(C(N)=O)c2)s1. The fraction of sp³-hybridized carbons (Fsp3) is 0.182. The predicted octanol–water partition coefficient (Wildman–Crippen LogP) is 1.56. The largest absolute Gasteiger partial charge is 0.378 e. The average Bonchev–Trinajstić information content (AvgIpc) is 2.73. The molecule has 17 heavy (non-hydrogen) atoms. The number of hydrogen-bond acceptors (Lipinski definition) is 5. The van der Waals surface area contributed by atoms with Crippen molar-refractivity contribution in [3.8, 4) is 0 Å². The number of rotatable bonds is 4. The van der Waals surface area contributed by atoms with Gasteiger partial charge in [-0.2, -0.15) is 0 Å². The van der Waals surface area contributed by atoms with Gasteiger partial charge in [0.2, 0.25) is 0 Å². The number of primary amides is 1. The van der Waals surface area contributed by atoms with Gasteiger partial charge in [-0.3, -0.25) is 9.78 Å². The van der Waals surface area contributed by atoms with Gasteiger partial charge in [-0.25, -0.2) is 4.98 Å². The van der Waals surface area contributed by atoms with Crippen LogP contribution in [0.25, 0.3) is 0 Å². The normalized spacial score (nSPS) is 10.2. The number of aromatic nitrogens is 2. The first-order valence-electron chi connectivity index (χ1n) is 5.06. The number of anilines is 1. The quantitative estimate of drug-likeness (QED) is 0.860. The van der Waals surface area contributed by atoms with Crippen LogP contribution in [0.1, 0.15) is 20.4 Å². The second kappa shape index (κ2) is 4.92. The van der Waals surface area contributed by atoms with Crippen molar-refractivity contribution in [2.75, 3.05) is 5.32 Å². The van der Waals surface area contributed by atoms with Crippen molar-refractivity contribution in [2.45, 2.75) is 13.5 Å². The van der Waals surface area contributed by atoms with Gasteiger partial charge in [0.05, 0.1) is 6.54 Å². The number of pyridine rings is 1. The van der Waals surface area contributed by atoms with Crippen molar-refractivity contribution in [1.29, 1.82) is 0 Å². The Balaban J connectivity index is 2.04. The molecule has 2 rings (SSSR count). The molecule has 0 aliphatic heterocycles. The molecule has 0 radical (unpaired) electrons. The smallest absolute Gasteiger partial charge is 0.267 e. The summed E-state index contributed by atoms with van der Waals surface area (Å²) in [5, 5.41) is 4.17. The third-order valence-corrected chi connectivity index (χ3v) is 3.04. The topological polar surface area (TPSA) is 80.9 Å². The van der Waals surface area contributed by atoms with Gasteiger partial charge in [0.15, 0.2) is 0 Å². The number of nitrogens with two attached hydrogens (primary N) is 1. The first kappa shape index (κ1) is 11.5. The second-order valence-electron chi connectivity index (χ2n) is 3.51. The number of carbonyl (C=O) groups excluding carboxylic acids is 1. The molecule has 2 aromatic heterocycles. The molecule has 3 N–H and O–H groups in total. The van der Waals surface area contributed by atoms with Crippen LogP contribution in [-0.4, -0.2) is 15.9 Å². The molecule has 5 nitrogen and oxygen atoms in total. The number of carbonyl (C=O) groups is 1. The second-order valence-corrected chi connectivity index (χ2v) is 4.83. The molecule has 0 fully saturated rings. The van der Waals surface area contributed by atoms with E-state index in [4.69, 9.17) is 5.73 Å². The fourth-order valence-electron chi connectivity index (χ4n) is 1.34. The van der Waals surface area contributed by atoms with Gasteiger partial charge in [-0.15, -0.1) is 11.3 Å². The predicted molar refractivity (Wildman–Crippen MR) is 66.9 cm³/mol. The van der Waals surface area contributed by atoms with Crippen molar-refractivity contribution in [3.63, 3.8) is 0 Å². The number of nitrogens with one attached hydrogen (secondary N) is 1. The van der Waals surface area contributed by atoms with Gasteiger partial charge < -0.3 is 11.1 Å². The van der Waals surface area contributed by atoms with E-state index < -0.39 is 5.91 Å². The summed E-state index contributed by atoms with van der Waals surface area (Å²) in [7, 11) is 0. The Bertz CT molecular complexity index is 538. The zero-order valence-corrected chi connectivity index (χ0v) is 10.1. The maximum absolute atomic E-state index is 11.0. The van der Waals surface area contributed by atoms with Gasteiger partial charge in [-0.1, -0.05) is 0 Å². The molecule has 88 valence electrons. The molecule has 0 saturated heterocycles. The summed E-state index contributed by atoms with van der Waals surface area (Å²) < 4.78 is 0. The summed E-state index contributed by atoms with van der Waals surface area (Å²) in [5.74, 6) is -0.529. The van der Waals surface area contributed by atoms with Crippen molar-refractivity contribution < 1.29 is 4.79 Å². The van der Waals surface area contributed by atoms with Crippen LogP contribution in [0.2, 0.25) is 0 Å². The van der Waals surface area contributed by atoms with E-state index in [-0.39, 0.29) is 5.69 Å². The average molecular weight is 248 g/mol. The van der Waals surface area contributed by atoms with Gasteiger partial charge in [0.25, 0.3) is 5.91 Å². The van der Waals surface area contributed by atoms with E-state index in [0.29, 0.717) is 6.54 Å². The van der Waals surface area contributed by atoms with E-state index in [0.717, 1.165) is 10.7 Å². The summed E-state index contributed by atoms with van der Waals surface area (Å²) in [6.45, 7) is 2.64. The number of aryl methyl sites for hydroxylation is 1. The Morgan fingerprint density at radius 1 is 1.53 bits per heavy atom. The molecule has 6 heteroatoms. The molecule has 0 aliphatic rings. The minimum Gasteiger partial charge on any atom is -0.378 e. The Labute approximate surface area is 103 Å². The molecule has 0 atom stereocenters. The summed E-state index contributed by atoms with van der Waals surface area (Å²) >= 11 is 1.64. The number of thiazole rings is 1. The lowest BCUT2D eigenvalue weighted by Crippen LogP contribution is -2.13. The van der Waals surface area contributed by atoms with Crippen LogP contribution in [0.4, 0.5) is 5.69 Å². The van der Waals surface area contributed by atoms with Crippen LogP contribution < -0.4 is 11.1 Å². The summed E-state index contributed by atoms with van der Waals surface area (Å²) in [4.78, 5) is 20.2. The van der Waals surface area contributed by atoms with Gasteiger partial charge in [0, 0.05) is 23.0 Å². The Morgan fingerprint density at radius 2 is 2.35 bits per heavy atom. The van der Waals surface area contributed by atoms with E-state index in [1.165, 1.54) is 4.88 Å². The lowest BCUT2D eigenvalue weighted by Gasteiger charge is -2.04. The first-order chi connectivity index (χ1) is 8.15. The minimum atomic E-state index is -0.529. The molecule has 0 saturated carbocycles. The lowest BCUT2D eigenvalue weighted by atomic mass is 10.3.